The van der Waals surface area contributed by atoms with Crippen LogP contribution in [-0.4, -0.2) is 49.2 Å². The van der Waals surface area contributed by atoms with E-state index in [1.54, 1.807) is 12.4 Å². The monoisotopic (exact) mass is 564 g/mol. The number of aromatic nitrogens is 7. The molecular weight excluding hydrogens is 532 g/mol. The van der Waals surface area contributed by atoms with Gasteiger partial charge in [0.05, 0.1) is 16.8 Å². The average molecular weight is 565 g/mol. The summed E-state index contributed by atoms with van der Waals surface area (Å²) < 4.78 is 14.1. The fourth-order valence-electron chi connectivity index (χ4n) is 4.45. The van der Waals surface area contributed by atoms with Crippen LogP contribution in [0.3, 0.4) is 0 Å². The smallest absolute Gasteiger partial charge is 0.322 e. The zero-order valence-corrected chi connectivity index (χ0v) is 24.8. The maximum atomic E-state index is 6.50. The summed E-state index contributed by atoms with van der Waals surface area (Å²) in [5.41, 5.74) is 12.0. The van der Waals surface area contributed by atoms with Crippen LogP contribution in [0, 0.1) is 26.2 Å². The van der Waals surface area contributed by atoms with E-state index in [0.717, 1.165) is 39.8 Å². The first kappa shape index (κ1) is 27.9. The third-order valence-corrected chi connectivity index (χ3v) is 8.28. The summed E-state index contributed by atoms with van der Waals surface area (Å²) in [7, 11) is -1.28. The van der Waals surface area contributed by atoms with Gasteiger partial charge in [-0.3, -0.25) is 0 Å². The molecule has 2 N–H and O–H groups in total. The first-order chi connectivity index (χ1) is 19.6. The topological polar surface area (TPSA) is 127 Å². The average Bonchev–Trinajstić information content (AvgIpc) is 3.26. The van der Waals surface area contributed by atoms with Gasteiger partial charge in [-0.1, -0.05) is 31.8 Å². The van der Waals surface area contributed by atoms with Crippen molar-refractivity contribution in [2.75, 3.05) is 12.3 Å². The van der Waals surface area contributed by atoms with Gasteiger partial charge in [-0.05, 0) is 49.6 Å². The van der Waals surface area contributed by atoms with Crippen molar-refractivity contribution < 1.29 is 9.47 Å². The molecular formula is C30H32N8O2Si. The molecule has 41 heavy (non-hydrogen) atoms. The minimum Gasteiger partial charge on any atom is -0.424 e. The summed E-state index contributed by atoms with van der Waals surface area (Å²) in [4.78, 5) is 26.4. The van der Waals surface area contributed by atoms with E-state index in [2.05, 4.69) is 55.5 Å². The third kappa shape index (κ3) is 6.08. The molecule has 5 aromatic rings. The number of benzene rings is 1. The van der Waals surface area contributed by atoms with E-state index in [1.165, 1.54) is 6.33 Å². The molecule has 11 heteroatoms. The van der Waals surface area contributed by atoms with Gasteiger partial charge in [0.2, 0.25) is 5.82 Å². The SMILES string of the molecule is C#Cc1ncc(-c2c(-c3ccc(Oc4nccc(C)n4)cc3)c3c(N)ncnc3n2COCC[Si](C)(C)C)c(C)n1. The number of nitrogens with zero attached hydrogens (tertiary/aromatic N) is 7. The van der Waals surface area contributed by atoms with Crippen LogP contribution >= 0.6 is 0 Å². The predicted molar refractivity (Wildman–Crippen MR) is 162 cm³/mol. The maximum Gasteiger partial charge on any atom is 0.322 e. The number of terminal acetylenes is 1. The van der Waals surface area contributed by atoms with Crippen LogP contribution in [0.1, 0.15) is 17.2 Å². The lowest BCUT2D eigenvalue weighted by molar-refractivity contribution is 0.0909. The summed E-state index contributed by atoms with van der Waals surface area (Å²) in [5, 5.41) is 0.715. The number of nitrogen functional groups attached to an aromatic ring is 1. The van der Waals surface area contributed by atoms with Crippen LogP contribution in [0.25, 0.3) is 33.4 Å². The Hall–Kier alpha value is -4.66. The number of nitrogens with two attached hydrogens (primary N) is 1. The molecule has 0 saturated heterocycles. The molecule has 0 spiro atoms. The van der Waals surface area contributed by atoms with E-state index in [-0.39, 0.29) is 12.7 Å². The number of anilines is 1. The molecule has 0 aliphatic carbocycles. The summed E-state index contributed by atoms with van der Waals surface area (Å²) in [6.07, 6.45) is 10.5. The minimum absolute atomic E-state index is 0.273. The highest BCUT2D eigenvalue weighted by atomic mass is 28.3. The Kier molecular flexibility index (Phi) is 7.78. The number of ether oxygens (including phenoxy) is 2. The van der Waals surface area contributed by atoms with E-state index in [1.807, 2.05) is 48.7 Å². The zero-order chi connectivity index (χ0) is 29.1. The fraction of sp³-hybridized carbons (Fsp3) is 0.267. The summed E-state index contributed by atoms with van der Waals surface area (Å²) in [6, 6.07) is 10.8. The zero-order valence-electron chi connectivity index (χ0n) is 23.8. The molecule has 0 radical (unpaired) electrons. The lowest BCUT2D eigenvalue weighted by Crippen LogP contribution is -2.22. The van der Waals surface area contributed by atoms with Gasteiger partial charge in [0, 0.05) is 43.9 Å². The van der Waals surface area contributed by atoms with E-state index in [4.69, 9.17) is 21.6 Å². The Morgan fingerprint density at radius 1 is 1.00 bits per heavy atom. The first-order valence-electron chi connectivity index (χ1n) is 13.2. The van der Waals surface area contributed by atoms with Crippen LogP contribution in [0.2, 0.25) is 25.7 Å². The van der Waals surface area contributed by atoms with Crippen molar-refractivity contribution in [3.8, 4) is 46.5 Å². The summed E-state index contributed by atoms with van der Waals surface area (Å²) >= 11 is 0. The lowest BCUT2D eigenvalue weighted by Gasteiger charge is -2.17. The quantitative estimate of drug-likeness (QED) is 0.138. The molecule has 0 atom stereocenters. The van der Waals surface area contributed by atoms with Gasteiger partial charge in [0.15, 0.2) is 0 Å². The Morgan fingerprint density at radius 3 is 2.46 bits per heavy atom. The molecule has 10 nitrogen and oxygen atoms in total. The van der Waals surface area contributed by atoms with Gasteiger partial charge in [-0.2, -0.15) is 0 Å². The van der Waals surface area contributed by atoms with Crippen LogP contribution in [0.5, 0.6) is 11.8 Å². The normalized spacial score (nSPS) is 11.5. The van der Waals surface area contributed by atoms with Crippen molar-refractivity contribution in [1.29, 1.82) is 0 Å². The predicted octanol–water partition coefficient (Wildman–Crippen LogP) is 5.63. The molecule has 0 unspecified atom stereocenters. The first-order valence-corrected chi connectivity index (χ1v) is 16.9. The van der Waals surface area contributed by atoms with Gasteiger partial charge in [0.1, 0.15) is 30.3 Å². The molecule has 208 valence electrons. The van der Waals surface area contributed by atoms with Crippen LogP contribution < -0.4 is 10.5 Å². The second-order valence-electron chi connectivity index (χ2n) is 10.9. The van der Waals surface area contributed by atoms with Crippen molar-refractivity contribution in [3.05, 3.63) is 66.3 Å². The summed E-state index contributed by atoms with van der Waals surface area (Å²) in [5.74, 6) is 3.79. The fourth-order valence-corrected chi connectivity index (χ4v) is 5.21. The summed E-state index contributed by atoms with van der Waals surface area (Å²) in [6.45, 7) is 11.7. The third-order valence-electron chi connectivity index (χ3n) is 6.57. The standard InChI is InChI=1S/C30H32N8O2Si/c1-7-24-33-16-23(20(3)37-24)27-25(21-8-10-22(11-9-21)40-30-32-13-12-19(2)36-30)26-28(31)34-17-35-29(26)38(27)18-39-14-15-41(4,5)6/h1,8-13,16-17H,14-15,18H2,2-6H3,(H2,31,34,35). The van der Waals surface area contributed by atoms with Crippen molar-refractivity contribution in [2.24, 2.45) is 0 Å². The Bertz CT molecular complexity index is 1750. The van der Waals surface area contributed by atoms with Gasteiger partial charge in [-0.15, -0.1) is 6.42 Å². The molecule has 4 aromatic heterocycles. The molecule has 1 aromatic carbocycles. The number of aryl methyl sites for hydroxylation is 2. The lowest BCUT2D eigenvalue weighted by atomic mass is 9.98. The van der Waals surface area contributed by atoms with Crippen LogP contribution in [-0.2, 0) is 11.5 Å². The van der Waals surface area contributed by atoms with E-state index in [9.17, 15) is 0 Å². The highest BCUT2D eigenvalue weighted by Crippen LogP contribution is 2.43. The largest absolute Gasteiger partial charge is 0.424 e. The molecule has 0 aliphatic rings. The second kappa shape index (κ2) is 11.4. The molecule has 4 heterocycles. The van der Waals surface area contributed by atoms with Crippen molar-refractivity contribution in [3.63, 3.8) is 0 Å². The van der Waals surface area contributed by atoms with Crippen LogP contribution in [0.4, 0.5) is 5.82 Å². The second-order valence-corrected chi connectivity index (χ2v) is 16.5. The van der Waals surface area contributed by atoms with Gasteiger partial charge in [-0.25, -0.2) is 29.9 Å². The molecule has 0 amide bonds. The number of hydrogen-bond acceptors (Lipinski definition) is 9. The van der Waals surface area contributed by atoms with E-state index >= 15 is 0 Å². The molecule has 0 bridgehead atoms. The number of rotatable bonds is 9. The van der Waals surface area contributed by atoms with E-state index in [0.29, 0.717) is 35.0 Å². The van der Waals surface area contributed by atoms with Crippen molar-refractivity contribution >= 4 is 24.9 Å². The number of fused-ring (bicyclic) bond motifs is 1. The maximum absolute atomic E-state index is 6.50. The highest BCUT2D eigenvalue weighted by molar-refractivity contribution is 6.76. The van der Waals surface area contributed by atoms with E-state index < -0.39 is 8.07 Å². The van der Waals surface area contributed by atoms with Crippen molar-refractivity contribution in [2.45, 2.75) is 46.3 Å². The molecule has 0 saturated carbocycles. The van der Waals surface area contributed by atoms with Gasteiger partial charge < -0.3 is 19.8 Å². The van der Waals surface area contributed by atoms with Gasteiger partial charge >= 0.3 is 6.01 Å². The molecule has 0 fully saturated rings. The van der Waals surface area contributed by atoms with Crippen molar-refractivity contribution in [1.82, 2.24) is 34.5 Å². The van der Waals surface area contributed by atoms with Gasteiger partial charge in [0.25, 0.3) is 0 Å². The Labute approximate surface area is 240 Å². The Morgan fingerprint density at radius 2 is 1.78 bits per heavy atom. The van der Waals surface area contributed by atoms with Crippen LogP contribution in [0.15, 0.2) is 49.1 Å². The number of hydrogen-bond donors (Lipinski definition) is 1. The Balaban J connectivity index is 1.65. The highest BCUT2D eigenvalue weighted by Gasteiger charge is 2.25. The minimum atomic E-state index is -1.28. The molecule has 0 aliphatic heterocycles. The molecule has 5 rings (SSSR count).